The molecule has 0 aliphatic carbocycles. The fraction of sp³-hybridized carbons (Fsp3) is 0.250. The summed E-state index contributed by atoms with van der Waals surface area (Å²) in [4.78, 5) is 24.8. The van der Waals surface area contributed by atoms with E-state index >= 15 is 0 Å². The van der Waals surface area contributed by atoms with Gasteiger partial charge in [-0.05, 0) is 25.1 Å². The summed E-state index contributed by atoms with van der Waals surface area (Å²) >= 11 is 12.3. The number of benzene rings is 1. The zero-order valence-electron chi connectivity index (χ0n) is 12.9. The monoisotopic (exact) mass is 351 g/mol. The van der Waals surface area contributed by atoms with Crippen LogP contribution in [0, 0.1) is 0 Å². The maximum atomic E-state index is 12.7. The average Bonchev–Trinajstić information content (AvgIpc) is 2.90. The third-order valence-corrected chi connectivity index (χ3v) is 4.59. The van der Waals surface area contributed by atoms with Crippen molar-refractivity contribution in [3.05, 3.63) is 55.3 Å². The molecular formula is C16H15Cl2N3O2. The molecule has 0 atom stereocenters. The Morgan fingerprint density at radius 1 is 1.09 bits per heavy atom. The number of aromatic nitrogens is 3. The summed E-state index contributed by atoms with van der Waals surface area (Å²) in [6.07, 6.45) is 1.80. The van der Waals surface area contributed by atoms with E-state index in [1.54, 1.807) is 31.4 Å². The van der Waals surface area contributed by atoms with Crippen molar-refractivity contribution in [2.24, 2.45) is 14.1 Å². The molecule has 2 aromatic heterocycles. The summed E-state index contributed by atoms with van der Waals surface area (Å²) in [7, 11) is 3.12. The molecule has 0 saturated carbocycles. The highest BCUT2D eigenvalue weighted by molar-refractivity contribution is 6.36. The molecule has 1 aromatic carbocycles. The standard InChI is InChI=1S/C16H15Cl2N3O2/c1-4-21-8-12-13(15(22)20(3)16(23)19(12)2)14(21)10-6-5-9(17)7-11(10)18/h5-8H,4H2,1-3H3. The molecule has 0 amide bonds. The van der Waals surface area contributed by atoms with E-state index in [0.29, 0.717) is 38.8 Å². The topological polar surface area (TPSA) is 48.9 Å². The summed E-state index contributed by atoms with van der Waals surface area (Å²) < 4.78 is 4.49. The van der Waals surface area contributed by atoms with E-state index in [2.05, 4.69) is 0 Å². The lowest BCUT2D eigenvalue weighted by atomic mass is 10.1. The largest absolute Gasteiger partial charge is 0.345 e. The minimum Gasteiger partial charge on any atom is -0.345 e. The Morgan fingerprint density at radius 3 is 2.39 bits per heavy atom. The predicted octanol–water partition coefficient (Wildman–Crippen LogP) is 3.03. The quantitative estimate of drug-likeness (QED) is 0.712. The van der Waals surface area contributed by atoms with Gasteiger partial charge in [0.05, 0.1) is 21.6 Å². The van der Waals surface area contributed by atoms with Crippen LogP contribution in [0.5, 0.6) is 0 Å². The van der Waals surface area contributed by atoms with Gasteiger partial charge in [0.1, 0.15) is 0 Å². The summed E-state index contributed by atoms with van der Waals surface area (Å²) in [6, 6.07) is 5.16. The second-order valence-electron chi connectivity index (χ2n) is 5.35. The molecule has 0 unspecified atom stereocenters. The van der Waals surface area contributed by atoms with E-state index in [0.717, 1.165) is 4.57 Å². The first-order chi connectivity index (χ1) is 10.9. The molecule has 3 aromatic rings. The lowest BCUT2D eigenvalue weighted by Crippen LogP contribution is -2.36. The molecule has 120 valence electrons. The first-order valence-corrected chi connectivity index (χ1v) is 7.86. The third-order valence-electron chi connectivity index (χ3n) is 4.04. The van der Waals surface area contributed by atoms with Crippen LogP contribution in [0.4, 0.5) is 0 Å². The fourth-order valence-corrected chi connectivity index (χ4v) is 3.31. The fourth-order valence-electron chi connectivity index (χ4n) is 2.81. The average molecular weight is 352 g/mol. The molecule has 3 rings (SSSR count). The van der Waals surface area contributed by atoms with Crippen molar-refractivity contribution in [1.29, 1.82) is 0 Å². The van der Waals surface area contributed by atoms with Crippen LogP contribution in [0.2, 0.25) is 10.0 Å². The summed E-state index contributed by atoms with van der Waals surface area (Å²) in [6.45, 7) is 2.61. The smallest absolute Gasteiger partial charge is 0.330 e. The highest BCUT2D eigenvalue weighted by atomic mass is 35.5. The maximum absolute atomic E-state index is 12.7. The molecule has 0 aliphatic rings. The van der Waals surface area contributed by atoms with Gasteiger partial charge in [0.15, 0.2) is 0 Å². The van der Waals surface area contributed by atoms with Gasteiger partial charge in [-0.3, -0.25) is 13.9 Å². The second-order valence-corrected chi connectivity index (χ2v) is 6.20. The zero-order chi connectivity index (χ0) is 16.9. The molecule has 0 aliphatic heterocycles. The van der Waals surface area contributed by atoms with Crippen molar-refractivity contribution in [3.63, 3.8) is 0 Å². The highest BCUT2D eigenvalue weighted by Crippen LogP contribution is 2.34. The molecule has 2 heterocycles. The molecule has 0 saturated heterocycles. The molecule has 0 fully saturated rings. The zero-order valence-corrected chi connectivity index (χ0v) is 14.4. The van der Waals surface area contributed by atoms with E-state index in [1.165, 1.54) is 11.6 Å². The number of hydrogen-bond donors (Lipinski definition) is 0. The molecule has 7 heteroatoms. The van der Waals surface area contributed by atoms with E-state index in [4.69, 9.17) is 23.2 Å². The minimum atomic E-state index is -0.357. The Balaban J connectivity index is 2.55. The predicted molar refractivity (Wildman–Crippen MR) is 93.6 cm³/mol. The van der Waals surface area contributed by atoms with E-state index < -0.39 is 0 Å². The Morgan fingerprint density at radius 2 is 1.78 bits per heavy atom. The molecule has 23 heavy (non-hydrogen) atoms. The number of halogens is 2. The Bertz CT molecular complexity index is 1040. The molecular weight excluding hydrogens is 337 g/mol. The van der Waals surface area contributed by atoms with Gasteiger partial charge in [-0.25, -0.2) is 4.79 Å². The van der Waals surface area contributed by atoms with Gasteiger partial charge in [-0.1, -0.05) is 23.2 Å². The molecule has 5 nitrogen and oxygen atoms in total. The van der Waals surface area contributed by atoms with Crippen LogP contribution in [0.15, 0.2) is 34.0 Å². The van der Waals surface area contributed by atoms with Crippen molar-refractivity contribution in [2.75, 3.05) is 0 Å². The van der Waals surface area contributed by atoms with Crippen LogP contribution < -0.4 is 11.2 Å². The van der Waals surface area contributed by atoms with Gasteiger partial charge in [-0.2, -0.15) is 0 Å². The number of rotatable bonds is 2. The van der Waals surface area contributed by atoms with Gasteiger partial charge in [0.25, 0.3) is 5.56 Å². The van der Waals surface area contributed by atoms with E-state index in [-0.39, 0.29) is 11.2 Å². The summed E-state index contributed by atoms with van der Waals surface area (Å²) in [5.41, 5.74) is 1.30. The van der Waals surface area contributed by atoms with Crippen molar-refractivity contribution in [2.45, 2.75) is 13.5 Å². The van der Waals surface area contributed by atoms with Crippen molar-refractivity contribution >= 4 is 34.1 Å². The van der Waals surface area contributed by atoms with Crippen LogP contribution in [0.1, 0.15) is 6.92 Å². The van der Waals surface area contributed by atoms with Crippen molar-refractivity contribution < 1.29 is 0 Å². The van der Waals surface area contributed by atoms with Gasteiger partial charge in [0.2, 0.25) is 0 Å². The van der Waals surface area contributed by atoms with Crippen LogP contribution in [-0.4, -0.2) is 13.7 Å². The normalized spacial score (nSPS) is 11.3. The first-order valence-electron chi connectivity index (χ1n) is 7.11. The number of nitrogens with zero attached hydrogens (tertiary/aromatic N) is 3. The first kappa shape index (κ1) is 15.9. The highest BCUT2D eigenvalue weighted by Gasteiger charge is 2.20. The van der Waals surface area contributed by atoms with Crippen LogP contribution >= 0.6 is 23.2 Å². The SMILES string of the molecule is CCn1cc2c(c1-c1ccc(Cl)cc1Cl)c(=O)n(C)c(=O)n2C. The number of aryl methyl sites for hydroxylation is 2. The van der Waals surface area contributed by atoms with Gasteiger partial charge < -0.3 is 4.57 Å². The van der Waals surface area contributed by atoms with Gasteiger partial charge in [-0.15, -0.1) is 0 Å². The Kier molecular flexibility index (Phi) is 3.86. The van der Waals surface area contributed by atoms with Crippen molar-refractivity contribution in [1.82, 2.24) is 13.7 Å². The number of hydrogen-bond acceptors (Lipinski definition) is 2. The van der Waals surface area contributed by atoms with Crippen LogP contribution in [-0.2, 0) is 20.6 Å². The Labute approximate surface area is 142 Å². The molecule has 0 N–H and O–H groups in total. The lowest BCUT2D eigenvalue weighted by Gasteiger charge is -2.10. The maximum Gasteiger partial charge on any atom is 0.330 e. The van der Waals surface area contributed by atoms with Gasteiger partial charge in [0, 0.05) is 37.4 Å². The van der Waals surface area contributed by atoms with E-state index in [1.807, 2.05) is 11.5 Å². The third kappa shape index (κ3) is 2.31. The minimum absolute atomic E-state index is 0.337. The second kappa shape index (κ2) is 5.58. The molecule has 0 spiro atoms. The lowest BCUT2D eigenvalue weighted by molar-refractivity contribution is 0.714. The van der Waals surface area contributed by atoms with Gasteiger partial charge >= 0.3 is 5.69 Å². The van der Waals surface area contributed by atoms with Crippen LogP contribution in [0.3, 0.4) is 0 Å². The van der Waals surface area contributed by atoms with Crippen molar-refractivity contribution in [3.8, 4) is 11.3 Å². The summed E-state index contributed by atoms with van der Waals surface area (Å²) in [5, 5.41) is 1.46. The molecule has 0 radical (unpaired) electrons. The summed E-state index contributed by atoms with van der Waals surface area (Å²) in [5.74, 6) is 0. The van der Waals surface area contributed by atoms with E-state index in [9.17, 15) is 9.59 Å². The number of fused-ring (bicyclic) bond motifs is 1. The van der Waals surface area contributed by atoms with Crippen LogP contribution in [0.25, 0.3) is 22.2 Å². The Hall–Kier alpha value is -1.98. The molecule has 0 bridgehead atoms.